The number of anilines is 1. The van der Waals surface area contributed by atoms with Gasteiger partial charge < -0.3 is 16.8 Å². The minimum atomic E-state index is -3.15. The lowest BCUT2D eigenvalue weighted by molar-refractivity contribution is 0.0118. The van der Waals surface area contributed by atoms with Gasteiger partial charge in [0.15, 0.2) is 11.5 Å². The van der Waals surface area contributed by atoms with Gasteiger partial charge in [-0.1, -0.05) is 0 Å². The van der Waals surface area contributed by atoms with E-state index in [9.17, 15) is 13.6 Å². The summed E-state index contributed by atoms with van der Waals surface area (Å²) in [6.07, 6.45) is 2.53. The Hall–Kier alpha value is -1.83. The molecule has 0 saturated heterocycles. The van der Waals surface area contributed by atoms with Crippen LogP contribution in [0.3, 0.4) is 0 Å². The van der Waals surface area contributed by atoms with Crippen LogP contribution in [0.5, 0.6) is 0 Å². The van der Waals surface area contributed by atoms with Gasteiger partial charge in [0.2, 0.25) is 0 Å². The summed E-state index contributed by atoms with van der Waals surface area (Å²) in [5.74, 6) is -4.07. The topological polar surface area (TPSA) is 107 Å². The Morgan fingerprint density at radius 1 is 1.44 bits per heavy atom. The highest BCUT2D eigenvalue weighted by atomic mass is 19.3. The number of hydrogen-bond donors (Lipinski definition) is 3. The molecule has 0 spiro atoms. The van der Waals surface area contributed by atoms with Crippen LogP contribution < -0.4 is 16.8 Å². The van der Waals surface area contributed by atoms with Gasteiger partial charge in [-0.3, -0.25) is 4.79 Å². The minimum Gasteiger partial charge on any atom is -0.382 e. The molecular formula is C8H11F2N5O. The van der Waals surface area contributed by atoms with Crippen molar-refractivity contribution in [2.45, 2.75) is 5.92 Å². The molecule has 0 aliphatic carbocycles. The number of halogens is 2. The van der Waals surface area contributed by atoms with E-state index in [0.717, 1.165) is 0 Å². The van der Waals surface area contributed by atoms with Gasteiger partial charge >= 0.3 is 0 Å². The first-order valence-electron chi connectivity index (χ1n) is 4.39. The van der Waals surface area contributed by atoms with Crippen LogP contribution in [0.1, 0.15) is 10.5 Å². The minimum absolute atomic E-state index is 0.115. The van der Waals surface area contributed by atoms with Crippen molar-refractivity contribution < 1.29 is 13.6 Å². The molecule has 0 saturated carbocycles. The first-order chi connectivity index (χ1) is 7.46. The lowest BCUT2D eigenvalue weighted by Gasteiger charge is -2.14. The predicted molar refractivity (Wildman–Crippen MR) is 52.8 cm³/mol. The molecule has 88 valence electrons. The number of rotatable bonds is 4. The molecule has 0 aliphatic rings. The molecule has 1 aromatic rings. The number of amides is 1. The summed E-state index contributed by atoms with van der Waals surface area (Å²) in [5.41, 5.74) is 9.97. The Balaban J connectivity index is 2.64. The maximum atomic E-state index is 12.7. The van der Waals surface area contributed by atoms with Crippen molar-refractivity contribution in [2.75, 3.05) is 18.8 Å². The van der Waals surface area contributed by atoms with Crippen LogP contribution in [0.2, 0.25) is 0 Å². The van der Waals surface area contributed by atoms with Crippen LogP contribution >= 0.6 is 0 Å². The Bertz CT molecular complexity index is 384. The number of nitrogens with zero attached hydrogens (tertiary/aromatic N) is 2. The molecule has 0 aromatic carbocycles. The van der Waals surface area contributed by atoms with Crippen LogP contribution in [-0.4, -0.2) is 34.9 Å². The van der Waals surface area contributed by atoms with Gasteiger partial charge in [-0.2, -0.15) is 0 Å². The number of alkyl halides is 2. The quantitative estimate of drug-likeness (QED) is 0.640. The lowest BCUT2D eigenvalue weighted by Crippen LogP contribution is -2.41. The Morgan fingerprint density at radius 2 is 2.06 bits per heavy atom. The van der Waals surface area contributed by atoms with Gasteiger partial charge in [-0.25, -0.2) is 18.7 Å². The van der Waals surface area contributed by atoms with Crippen molar-refractivity contribution >= 4 is 11.7 Å². The van der Waals surface area contributed by atoms with E-state index in [1.807, 2.05) is 5.32 Å². The second-order valence-corrected chi connectivity index (χ2v) is 3.03. The fraction of sp³-hybridized carbons (Fsp3) is 0.375. The van der Waals surface area contributed by atoms with Crippen LogP contribution in [-0.2, 0) is 0 Å². The highest BCUT2D eigenvalue weighted by Gasteiger charge is 2.27. The van der Waals surface area contributed by atoms with E-state index in [2.05, 4.69) is 9.97 Å². The smallest absolute Gasteiger partial charge is 0.277 e. The molecule has 1 heterocycles. The molecule has 1 amide bonds. The molecule has 16 heavy (non-hydrogen) atoms. The third kappa shape index (κ3) is 3.09. The number of aromatic nitrogens is 2. The molecule has 5 N–H and O–H groups in total. The van der Waals surface area contributed by atoms with Gasteiger partial charge in [0.25, 0.3) is 11.8 Å². The van der Waals surface area contributed by atoms with E-state index in [1.165, 1.54) is 12.4 Å². The summed E-state index contributed by atoms with van der Waals surface area (Å²) >= 11 is 0. The monoisotopic (exact) mass is 231 g/mol. The van der Waals surface area contributed by atoms with Gasteiger partial charge in [-0.05, 0) is 0 Å². The molecule has 1 rings (SSSR count). The third-order valence-electron chi connectivity index (χ3n) is 1.75. The van der Waals surface area contributed by atoms with E-state index in [-0.39, 0.29) is 11.5 Å². The van der Waals surface area contributed by atoms with Crippen molar-refractivity contribution in [3.8, 4) is 0 Å². The van der Waals surface area contributed by atoms with Gasteiger partial charge in [0, 0.05) is 12.4 Å². The summed E-state index contributed by atoms with van der Waals surface area (Å²) in [7, 11) is 0. The second-order valence-electron chi connectivity index (χ2n) is 3.03. The third-order valence-corrected chi connectivity index (χ3v) is 1.75. The maximum Gasteiger partial charge on any atom is 0.277 e. The largest absolute Gasteiger partial charge is 0.382 e. The fourth-order valence-corrected chi connectivity index (χ4v) is 0.889. The number of carbonyl (C=O) groups excluding carboxylic acids is 1. The maximum absolute atomic E-state index is 12.7. The Labute approximate surface area is 90.1 Å². The van der Waals surface area contributed by atoms with E-state index >= 15 is 0 Å². The SMILES string of the molecule is NCC(F)(F)CNC(=O)c1nccnc1N. The Morgan fingerprint density at radius 3 is 2.62 bits per heavy atom. The first-order valence-corrected chi connectivity index (χ1v) is 4.39. The summed E-state index contributed by atoms with van der Waals surface area (Å²) in [4.78, 5) is 18.6. The molecule has 0 atom stereocenters. The summed E-state index contributed by atoms with van der Waals surface area (Å²) in [5, 5.41) is 1.98. The Kier molecular flexibility index (Phi) is 3.67. The van der Waals surface area contributed by atoms with E-state index in [1.54, 1.807) is 0 Å². The molecular weight excluding hydrogens is 220 g/mol. The molecule has 1 aromatic heterocycles. The molecule has 0 radical (unpaired) electrons. The van der Waals surface area contributed by atoms with Crippen LogP contribution in [0, 0.1) is 0 Å². The average molecular weight is 231 g/mol. The van der Waals surface area contributed by atoms with E-state index in [0.29, 0.717) is 0 Å². The van der Waals surface area contributed by atoms with Crippen molar-refractivity contribution in [3.05, 3.63) is 18.1 Å². The van der Waals surface area contributed by atoms with Crippen LogP contribution in [0.25, 0.3) is 0 Å². The molecule has 0 bridgehead atoms. The zero-order valence-corrected chi connectivity index (χ0v) is 8.28. The number of nitrogen functional groups attached to an aromatic ring is 1. The normalized spacial score (nSPS) is 11.2. The van der Waals surface area contributed by atoms with Gasteiger partial charge in [0.05, 0.1) is 13.1 Å². The number of nitrogens with two attached hydrogens (primary N) is 2. The zero-order chi connectivity index (χ0) is 12.2. The molecule has 0 fully saturated rings. The van der Waals surface area contributed by atoms with Crippen molar-refractivity contribution in [1.82, 2.24) is 15.3 Å². The molecule has 0 unspecified atom stereocenters. The molecule has 0 aliphatic heterocycles. The van der Waals surface area contributed by atoms with Gasteiger partial charge in [-0.15, -0.1) is 0 Å². The number of carbonyl (C=O) groups is 1. The zero-order valence-electron chi connectivity index (χ0n) is 8.28. The number of hydrogen-bond acceptors (Lipinski definition) is 5. The van der Waals surface area contributed by atoms with Gasteiger partial charge in [0.1, 0.15) is 0 Å². The van der Waals surface area contributed by atoms with Crippen molar-refractivity contribution in [3.63, 3.8) is 0 Å². The second kappa shape index (κ2) is 4.79. The van der Waals surface area contributed by atoms with E-state index < -0.39 is 24.9 Å². The van der Waals surface area contributed by atoms with Crippen LogP contribution in [0.4, 0.5) is 14.6 Å². The first kappa shape index (κ1) is 12.2. The molecule has 6 nitrogen and oxygen atoms in total. The highest BCUT2D eigenvalue weighted by molar-refractivity contribution is 5.96. The summed E-state index contributed by atoms with van der Waals surface area (Å²) in [6.45, 7) is -1.71. The number of nitrogens with one attached hydrogen (secondary N) is 1. The van der Waals surface area contributed by atoms with Crippen LogP contribution in [0.15, 0.2) is 12.4 Å². The lowest BCUT2D eigenvalue weighted by atomic mass is 10.3. The standard InChI is InChI=1S/C8H11F2N5O/c9-8(10,3-11)4-15-7(16)5-6(12)14-2-1-13-5/h1-2H,3-4,11H2,(H2,12,14)(H,15,16). The summed E-state index contributed by atoms with van der Waals surface area (Å²) < 4.78 is 25.4. The average Bonchev–Trinajstić information content (AvgIpc) is 2.27. The summed E-state index contributed by atoms with van der Waals surface area (Å²) in [6, 6.07) is 0. The fourth-order valence-electron chi connectivity index (χ4n) is 0.889. The van der Waals surface area contributed by atoms with Crippen molar-refractivity contribution in [1.29, 1.82) is 0 Å². The highest BCUT2D eigenvalue weighted by Crippen LogP contribution is 2.09. The predicted octanol–water partition coefficient (Wildman–Crippen LogP) is -0.617. The molecule has 8 heteroatoms. The van der Waals surface area contributed by atoms with Crippen molar-refractivity contribution in [2.24, 2.45) is 5.73 Å². The van der Waals surface area contributed by atoms with E-state index in [4.69, 9.17) is 11.5 Å².